The Morgan fingerprint density at radius 1 is 0.597 bits per heavy atom. The Bertz CT molecular complexity index is 2450. The molecule has 0 aromatic carbocycles. The molecule has 0 amide bonds. The van der Waals surface area contributed by atoms with E-state index in [2.05, 4.69) is 19.2 Å². The number of aliphatic hydroxyl groups is 5. The lowest BCUT2D eigenvalue weighted by Crippen LogP contribution is -2.39. The second-order valence-corrected chi connectivity index (χ2v) is 16.3. The third-order valence-corrected chi connectivity index (χ3v) is 11.3. The molecule has 3 aromatic rings. The minimum absolute atomic E-state index is 0.626. The number of aromatic amines is 3. The summed E-state index contributed by atoms with van der Waals surface area (Å²) in [6.07, 6.45) is -19.0. The molecule has 62 heavy (non-hydrogen) atoms. The van der Waals surface area contributed by atoms with Gasteiger partial charge in [0, 0.05) is 36.8 Å². The van der Waals surface area contributed by atoms with Crippen LogP contribution in [0.15, 0.2) is 65.6 Å². The molecule has 0 bridgehead atoms. The first-order valence-electron chi connectivity index (χ1n) is 18.5. The van der Waals surface area contributed by atoms with Crippen molar-refractivity contribution < 1.29 is 76.8 Å². The maximum Gasteiger partial charge on any atom is 0.472 e. The number of aliphatic hydroxyl groups excluding tert-OH is 5. The van der Waals surface area contributed by atoms with Gasteiger partial charge in [-0.25, -0.2) is 23.5 Å². The molecular weight excluding hydrogens is 884 g/mol. The van der Waals surface area contributed by atoms with Gasteiger partial charge in [0.05, 0.1) is 19.8 Å². The second-order valence-electron chi connectivity index (χ2n) is 13.5. The van der Waals surface area contributed by atoms with Crippen LogP contribution in [0.5, 0.6) is 0 Å². The minimum atomic E-state index is -5.43. The molecule has 3 aromatic heterocycles. The van der Waals surface area contributed by atoms with Crippen LogP contribution in [0.2, 0.25) is 0 Å². The van der Waals surface area contributed by atoms with Crippen molar-refractivity contribution in [2.24, 2.45) is 0 Å². The third kappa shape index (κ3) is 11.5. The summed E-state index contributed by atoms with van der Waals surface area (Å²) in [5.41, 5.74) is -5.64. The fraction of sp³-hybridized carbons (Fsp3) is 0.613. The summed E-state index contributed by atoms with van der Waals surface area (Å²) in [6, 6.07) is 2.68. The van der Waals surface area contributed by atoms with Crippen molar-refractivity contribution in [3.63, 3.8) is 0 Å². The van der Waals surface area contributed by atoms with Crippen molar-refractivity contribution in [2.45, 2.75) is 87.5 Å². The smallest absolute Gasteiger partial charge is 0.394 e. The normalized spacial score (nSPS) is 31.6. The van der Waals surface area contributed by atoms with Crippen molar-refractivity contribution in [3.8, 4) is 0 Å². The number of hydrogen-bond donors (Lipinski definition) is 11. The third-order valence-electron chi connectivity index (χ3n) is 9.33. The molecular formula is C31H45N7O22P2. The monoisotopic (exact) mass is 929 g/mol. The van der Waals surface area contributed by atoms with Crippen LogP contribution in [0, 0.1) is 0 Å². The SMILES string of the molecule is CCNCC.O=c1ccn([C@@H]2O[C@H](COP(=O)(O)O[C@H]3[C@@H](O)[C@H](n4ccc(=O)[nH]c4=O)O[C@@H]3COP(=O)(O)O[C@H]3[C@@H](O)[C@H](n4ccc(=O)[nH]c4=O)O[C@@H]3CO)[C@@H](O)[C@H]2O)c(=O)[nH]1. The van der Waals surface area contributed by atoms with Crippen molar-refractivity contribution in [2.75, 3.05) is 32.9 Å². The van der Waals surface area contributed by atoms with E-state index in [-0.39, 0.29) is 0 Å². The van der Waals surface area contributed by atoms with Crippen LogP contribution >= 0.6 is 15.6 Å². The topological polar surface area (TPSA) is 417 Å². The van der Waals surface area contributed by atoms with Crippen LogP contribution in [-0.4, -0.2) is 152 Å². The average Bonchev–Trinajstić information content (AvgIpc) is 3.78. The highest BCUT2D eigenvalue weighted by Crippen LogP contribution is 2.52. The Balaban J connectivity index is 0.00000137. The zero-order chi connectivity index (χ0) is 45.7. The molecule has 3 fully saturated rings. The number of nitrogens with one attached hydrogen (secondary N) is 4. The van der Waals surface area contributed by atoms with E-state index in [1.54, 1.807) is 0 Å². The van der Waals surface area contributed by atoms with Crippen LogP contribution in [0.3, 0.4) is 0 Å². The number of hydrogen-bond acceptors (Lipinski definition) is 21. The summed E-state index contributed by atoms with van der Waals surface area (Å²) >= 11 is 0. The number of H-pyrrole nitrogens is 3. The summed E-state index contributed by atoms with van der Waals surface area (Å²) < 4.78 is 64.9. The van der Waals surface area contributed by atoms with E-state index in [1.807, 2.05) is 15.0 Å². The van der Waals surface area contributed by atoms with E-state index in [0.717, 1.165) is 54.4 Å². The molecule has 3 aliphatic rings. The van der Waals surface area contributed by atoms with Crippen molar-refractivity contribution in [3.05, 3.63) is 99.3 Å². The first kappa shape index (κ1) is 48.9. The van der Waals surface area contributed by atoms with Crippen LogP contribution < -0.4 is 39.1 Å². The molecule has 31 heteroatoms. The molecule has 14 atom stereocenters. The lowest BCUT2D eigenvalue weighted by Gasteiger charge is -2.25. The summed E-state index contributed by atoms with van der Waals surface area (Å²) in [7, 11) is -10.8. The molecule has 0 saturated carbocycles. The Morgan fingerprint density at radius 2 is 0.952 bits per heavy atom. The number of nitrogens with zero attached hydrogens (tertiary/aromatic N) is 3. The summed E-state index contributed by atoms with van der Waals surface area (Å²) in [6.45, 7) is 3.28. The van der Waals surface area contributed by atoms with Gasteiger partial charge < -0.3 is 54.8 Å². The zero-order valence-corrected chi connectivity index (χ0v) is 34.2. The van der Waals surface area contributed by atoms with Gasteiger partial charge in [-0.15, -0.1) is 0 Å². The first-order valence-corrected chi connectivity index (χ1v) is 21.5. The number of rotatable bonds is 16. The maximum atomic E-state index is 13.2. The van der Waals surface area contributed by atoms with E-state index in [0.29, 0.717) is 9.13 Å². The minimum Gasteiger partial charge on any atom is -0.394 e. The van der Waals surface area contributed by atoms with Crippen molar-refractivity contribution in [1.82, 2.24) is 34.0 Å². The van der Waals surface area contributed by atoms with E-state index in [1.165, 1.54) is 0 Å². The van der Waals surface area contributed by atoms with Crippen LogP contribution in [0.4, 0.5) is 0 Å². The van der Waals surface area contributed by atoms with Gasteiger partial charge in [0.15, 0.2) is 18.7 Å². The lowest BCUT2D eigenvalue weighted by molar-refractivity contribution is -0.0644. The van der Waals surface area contributed by atoms with E-state index in [9.17, 15) is 73.2 Å². The Kier molecular flexibility index (Phi) is 16.3. The molecule has 3 saturated heterocycles. The van der Waals surface area contributed by atoms with Crippen molar-refractivity contribution in [1.29, 1.82) is 0 Å². The standard InChI is InChI=1S/C27H34N6O22P2.C4H11N/c34-7-10-20(18(40)23(51-10)32-5-2-14(36)29-26(32)43)54-57(47,48)50-9-12-21(19(41)24(53-12)33-6-3-15(37)30-27(33)44)55-56(45,46)49-8-11-16(38)17(39)22(52-11)31-4-1-13(35)28-25(31)42;1-3-5-4-2/h1-6,10-12,16-24,34,38-41H,7-9H2,(H,45,46)(H,47,48)(H,28,35,42)(H,29,36,43)(H,30,37,44);5H,3-4H2,1-2H3/t10-,11-,12-,16-,17-,18-,19-,20-,21-,22-,23-,24-;/m1./s1. The van der Waals surface area contributed by atoms with E-state index >= 15 is 0 Å². The van der Waals surface area contributed by atoms with Gasteiger partial charge in [0.1, 0.15) is 54.9 Å². The highest BCUT2D eigenvalue weighted by atomic mass is 31.2. The first-order chi connectivity index (χ1) is 29.2. The predicted molar refractivity (Wildman–Crippen MR) is 202 cm³/mol. The Morgan fingerprint density at radius 3 is 1.32 bits per heavy atom. The molecule has 6 rings (SSSR count). The van der Waals surface area contributed by atoms with Gasteiger partial charge in [-0.1, -0.05) is 13.8 Å². The molecule has 6 heterocycles. The fourth-order valence-electron chi connectivity index (χ4n) is 6.37. The van der Waals surface area contributed by atoms with E-state index < -0.39 is 143 Å². The largest absolute Gasteiger partial charge is 0.472 e. The average molecular weight is 930 g/mol. The molecule has 0 spiro atoms. The molecule has 0 aliphatic carbocycles. The summed E-state index contributed by atoms with van der Waals surface area (Å²) in [4.78, 5) is 98.5. The van der Waals surface area contributed by atoms with Crippen LogP contribution in [-0.2, 0) is 41.4 Å². The Hall–Kier alpha value is -4.10. The predicted octanol–water partition coefficient (Wildman–Crippen LogP) is -5.61. The van der Waals surface area contributed by atoms with Gasteiger partial charge in [-0.2, -0.15) is 0 Å². The second kappa shape index (κ2) is 20.6. The highest BCUT2D eigenvalue weighted by molar-refractivity contribution is 7.47. The van der Waals surface area contributed by atoms with Crippen molar-refractivity contribution >= 4 is 15.6 Å². The van der Waals surface area contributed by atoms with Gasteiger partial charge >= 0.3 is 32.7 Å². The molecule has 0 radical (unpaired) electrons. The number of phosphoric acid groups is 2. The fourth-order valence-corrected chi connectivity index (χ4v) is 8.30. The number of aromatic nitrogens is 6. The lowest BCUT2D eigenvalue weighted by atomic mass is 10.1. The summed E-state index contributed by atoms with van der Waals surface area (Å²) in [5.74, 6) is 0. The Labute approximate surface area is 345 Å². The molecule has 29 nitrogen and oxygen atoms in total. The molecule has 3 aliphatic heterocycles. The van der Waals surface area contributed by atoms with Gasteiger partial charge in [0.25, 0.3) is 16.7 Å². The van der Waals surface area contributed by atoms with Crippen LogP contribution in [0.25, 0.3) is 0 Å². The highest BCUT2D eigenvalue weighted by Gasteiger charge is 2.53. The molecule has 2 unspecified atom stereocenters. The number of phosphoric ester groups is 2. The zero-order valence-electron chi connectivity index (χ0n) is 32.4. The van der Waals surface area contributed by atoms with Gasteiger partial charge in [-0.3, -0.25) is 61.1 Å². The quantitative estimate of drug-likeness (QED) is 0.0597. The molecule has 346 valence electrons. The van der Waals surface area contributed by atoms with Gasteiger partial charge in [-0.05, 0) is 13.1 Å². The molecule has 11 N–H and O–H groups in total. The number of ether oxygens (including phenoxy) is 3. The summed E-state index contributed by atoms with van der Waals surface area (Å²) in [5, 5.41) is 55.8. The maximum absolute atomic E-state index is 13.2. The van der Waals surface area contributed by atoms with Gasteiger partial charge in [0.2, 0.25) is 0 Å². The van der Waals surface area contributed by atoms with E-state index in [4.69, 9.17) is 32.3 Å². The van der Waals surface area contributed by atoms with Crippen LogP contribution in [0.1, 0.15) is 32.5 Å².